The van der Waals surface area contributed by atoms with E-state index in [-0.39, 0.29) is 17.2 Å². The second-order valence-electron chi connectivity index (χ2n) is 4.51. The Morgan fingerprint density at radius 2 is 2.35 bits per heavy atom. The van der Waals surface area contributed by atoms with E-state index in [2.05, 4.69) is 0 Å². The van der Waals surface area contributed by atoms with Crippen molar-refractivity contribution in [3.05, 3.63) is 33.2 Å². The fourth-order valence-corrected chi connectivity index (χ4v) is 2.28. The molecule has 0 N–H and O–H groups in total. The molecular weight excluding hydrogens is 216 g/mol. The van der Waals surface area contributed by atoms with Gasteiger partial charge in [-0.2, -0.15) is 5.26 Å². The van der Waals surface area contributed by atoms with Gasteiger partial charge in [0.1, 0.15) is 11.6 Å². The molecule has 1 fully saturated rings. The van der Waals surface area contributed by atoms with Crippen molar-refractivity contribution in [3.8, 4) is 6.07 Å². The Morgan fingerprint density at radius 1 is 1.59 bits per heavy atom. The molecule has 1 aliphatic rings. The number of rotatable bonds is 2. The quantitative estimate of drug-likeness (QED) is 0.776. The fraction of sp³-hybridized carbons (Fsp3) is 0.538. The molecule has 1 saturated heterocycles. The minimum absolute atomic E-state index is 0.112. The van der Waals surface area contributed by atoms with E-state index < -0.39 is 0 Å². The largest absolute Gasteiger partial charge is 0.376 e. The third-order valence-electron chi connectivity index (χ3n) is 3.23. The zero-order chi connectivity index (χ0) is 12.4. The van der Waals surface area contributed by atoms with Crippen LogP contribution >= 0.6 is 0 Å². The van der Waals surface area contributed by atoms with Crippen LogP contribution < -0.4 is 5.56 Å². The van der Waals surface area contributed by atoms with Gasteiger partial charge in [0.25, 0.3) is 5.56 Å². The lowest BCUT2D eigenvalue weighted by Crippen LogP contribution is -2.30. The van der Waals surface area contributed by atoms with Crippen LogP contribution in [0.2, 0.25) is 0 Å². The van der Waals surface area contributed by atoms with Crippen molar-refractivity contribution in [2.45, 2.75) is 39.3 Å². The van der Waals surface area contributed by atoms with Crippen molar-refractivity contribution in [1.29, 1.82) is 5.26 Å². The molecule has 2 rings (SSSR count). The molecule has 0 radical (unpaired) electrons. The van der Waals surface area contributed by atoms with E-state index in [1.807, 2.05) is 19.1 Å². The normalized spacial score (nSPS) is 19.2. The van der Waals surface area contributed by atoms with Gasteiger partial charge in [-0.05, 0) is 38.3 Å². The minimum Gasteiger partial charge on any atom is -0.376 e. The highest BCUT2D eigenvalue weighted by atomic mass is 16.5. The first kappa shape index (κ1) is 11.9. The number of hydrogen-bond donors (Lipinski definition) is 0. The zero-order valence-corrected chi connectivity index (χ0v) is 10.2. The molecule has 4 nitrogen and oxygen atoms in total. The minimum atomic E-state index is -0.194. The molecule has 1 aromatic heterocycles. The number of ether oxygens (including phenoxy) is 1. The highest BCUT2D eigenvalue weighted by molar-refractivity contribution is 5.36. The summed E-state index contributed by atoms with van der Waals surface area (Å²) in [7, 11) is 0. The van der Waals surface area contributed by atoms with Gasteiger partial charge in [0.2, 0.25) is 0 Å². The molecular formula is C13H16N2O2. The summed E-state index contributed by atoms with van der Waals surface area (Å²) in [6.07, 6.45) is 2.15. The van der Waals surface area contributed by atoms with Crippen molar-refractivity contribution in [3.63, 3.8) is 0 Å². The third kappa shape index (κ3) is 2.25. The third-order valence-corrected chi connectivity index (χ3v) is 3.23. The Kier molecular flexibility index (Phi) is 3.30. The van der Waals surface area contributed by atoms with Gasteiger partial charge in [0.15, 0.2) is 0 Å². The lowest BCUT2D eigenvalue weighted by molar-refractivity contribution is 0.0956. The first-order chi connectivity index (χ1) is 8.13. The summed E-state index contributed by atoms with van der Waals surface area (Å²) in [5.41, 5.74) is 1.69. The molecule has 4 heteroatoms. The van der Waals surface area contributed by atoms with E-state index in [1.165, 1.54) is 0 Å². The summed E-state index contributed by atoms with van der Waals surface area (Å²) in [5, 5.41) is 8.98. The van der Waals surface area contributed by atoms with Crippen molar-refractivity contribution in [1.82, 2.24) is 4.57 Å². The van der Waals surface area contributed by atoms with Gasteiger partial charge in [0, 0.05) is 12.3 Å². The second-order valence-corrected chi connectivity index (χ2v) is 4.51. The highest BCUT2D eigenvalue weighted by Crippen LogP contribution is 2.15. The van der Waals surface area contributed by atoms with Gasteiger partial charge in [-0.15, -0.1) is 0 Å². The topological polar surface area (TPSA) is 55.0 Å². The molecule has 0 aromatic carbocycles. The lowest BCUT2D eigenvalue weighted by Gasteiger charge is -2.15. The molecule has 2 heterocycles. The predicted molar refractivity (Wildman–Crippen MR) is 63.9 cm³/mol. The number of aryl methyl sites for hydroxylation is 2. The van der Waals surface area contributed by atoms with Crippen LogP contribution in [0.15, 0.2) is 10.9 Å². The van der Waals surface area contributed by atoms with Crippen LogP contribution in [0.5, 0.6) is 0 Å². The van der Waals surface area contributed by atoms with Crippen LogP contribution in [0.25, 0.3) is 0 Å². The van der Waals surface area contributed by atoms with E-state index in [0.717, 1.165) is 30.7 Å². The number of aromatic nitrogens is 1. The summed E-state index contributed by atoms with van der Waals surface area (Å²) in [6.45, 7) is 5.02. The van der Waals surface area contributed by atoms with Gasteiger partial charge in [-0.1, -0.05) is 0 Å². The number of pyridine rings is 1. The first-order valence-corrected chi connectivity index (χ1v) is 5.86. The van der Waals surface area contributed by atoms with Crippen LogP contribution in [0.1, 0.15) is 29.7 Å². The summed E-state index contributed by atoms with van der Waals surface area (Å²) < 4.78 is 7.18. The standard InChI is InChI=1S/C13H16N2O2/c1-9-6-10(2)15(13(16)12(9)7-14)8-11-4-3-5-17-11/h6,11H,3-5,8H2,1-2H3. The van der Waals surface area contributed by atoms with Crippen LogP contribution in [0.4, 0.5) is 0 Å². The zero-order valence-electron chi connectivity index (χ0n) is 10.2. The van der Waals surface area contributed by atoms with E-state index in [1.54, 1.807) is 11.5 Å². The SMILES string of the molecule is Cc1cc(C)n(CC2CCCO2)c(=O)c1C#N. The molecule has 0 spiro atoms. The van der Waals surface area contributed by atoms with Gasteiger partial charge in [-0.3, -0.25) is 4.79 Å². The average Bonchev–Trinajstić information content (AvgIpc) is 2.77. The summed E-state index contributed by atoms with van der Waals surface area (Å²) in [6, 6.07) is 3.87. The molecule has 0 saturated carbocycles. The summed E-state index contributed by atoms with van der Waals surface area (Å²) in [4.78, 5) is 12.1. The number of nitrogens with zero attached hydrogens (tertiary/aromatic N) is 2. The Labute approximate surface area is 100 Å². The van der Waals surface area contributed by atoms with Gasteiger partial charge >= 0.3 is 0 Å². The Hall–Kier alpha value is -1.60. The van der Waals surface area contributed by atoms with Crippen molar-refractivity contribution < 1.29 is 4.74 Å². The Bertz CT molecular complexity index is 519. The van der Waals surface area contributed by atoms with Crippen molar-refractivity contribution >= 4 is 0 Å². The van der Waals surface area contributed by atoms with Crippen molar-refractivity contribution in [2.75, 3.05) is 6.61 Å². The van der Waals surface area contributed by atoms with Crippen LogP contribution in [0, 0.1) is 25.2 Å². The molecule has 0 bridgehead atoms. The summed E-state index contributed by atoms with van der Waals surface area (Å²) >= 11 is 0. The van der Waals surface area contributed by atoms with E-state index in [4.69, 9.17) is 10.00 Å². The maximum absolute atomic E-state index is 12.1. The first-order valence-electron chi connectivity index (χ1n) is 5.86. The molecule has 90 valence electrons. The smallest absolute Gasteiger partial charge is 0.269 e. The molecule has 1 unspecified atom stereocenters. The second kappa shape index (κ2) is 4.72. The molecule has 0 amide bonds. The van der Waals surface area contributed by atoms with Crippen LogP contribution in [0.3, 0.4) is 0 Å². The fourth-order valence-electron chi connectivity index (χ4n) is 2.28. The van der Waals surface area contributed by atoms with Crippen LogP contribution in [-0.2, 0) is 11.3 Å². The van der Waals surface area contributed by atoms with Crippen molar-refractivity contribution in [2.24, 2.45) is 0 Å². The summed E-state index contributed by atoms with van der Waals surface area (Å²) in [5.74, 6) is 0. The highest BCUT2D eigenvalue weighted by Gasteiger charge is 2.18. The number of nitriles is 1. The maximum atomic E-state index is 12.1. The van der Waals surface area contributed by atoms with E-state index in [9.17, 15) is 4.79 Å². The van der Waals surface area contributed by atoms with Gasteiger partial charge in [0.05, 0.1) is 12.6 Å². The van der Waals surface area contributed by atoms with E-state index >= 15 is 0 Å². The molecule has 1 aliphatic heterocycles. The Balaban J connectivity index is 2.39. The van der Waals surface area contributed by atoms with Gasteiger partial charge < -0.3 is 9.30 Å². The monoisotopic (exact) mass is 232 g/mol. The molecule has 1 atom stereocenters. The van der Waals surface area contributed by atoms with Gasteiger partial charge in [-0.25, -0.2) is 0 Å². The van der Waals surface area contributed by atoms with Crippen LogP contribution in [-0.4, -0.2) is 17.3 Å². The molecule has 17 heavy (non-hydrogen) atoms. The molecule has 0 aliphatic carbocycles. The Morgan fingerprint density at radius 3 is 2.94 bits per heavy atom. The number of hydrogen-bond acceptors (Lipinski definition) is 3. The molecule has 1 aromatic rings. The maximum Gasteiger partial charge on any atom is 0.269 e. The predicted octanol–water partition coefficient (Wildman–Crippen LogP) is 1.52. The van der Waals surface area contributed by atoms with E-state index in [0.29, 0.717) is 6.54 Å². The lowest BCUT2D eigenvalue weighted by atomic mass is 10.1. The average molecular weight is 232 g/mol.